The van der Waals surface area contributed by atoms with E-state index < -0.39 is 0 Å². The van der Waals surface area contributed by atoms with Crippen LogP contribution in [0.4, 0.5) is 0 Å². The third-order valence-electron chi connectivity index (χ3n) is 1.96. The van der Waals surface area contributed by atoms with Crippen molar-refractivity contribution in [3.05, 3.63) is 12.0 Å². The van der Waals surface area contributed by atoms with Crippen LogP contribution in [-0.2, 0) is 6.54 Å². The lowest BCUT2D eigenvalue weighted by Crippen LogP contribution is -2.12. The highest BCUT2D eigenvalue weighted by Crippen LogP contribution is 2.12. The summed E-state index contributed by atoms with van der Waals surface area (Å²) < 4.78 is 10.6. The molecule has 0 radical (unpaired) electrons. The van der Waals surface area contributed by atoms with Crippen LogP contribution in [0.25, 0.3) is 0 Å². The first-order valence-corrected chi connectivity index (χ1v) is 5.08. The number of ether oxygens (including phenoxy) is 1. The Morgan fingerprint density at radius 3 is 3.00 bits per heavy atom. The summed E-state index contributed by atoms with van der Waals surface area (Å²) in [5, 5.41) is 3.17. The molecule has 1 rings (SSSR count). The van der Waals surface area contributed by atoms with Crippen molar-refractivity contribution < 1.29 is 9.15 Å². The van der Waals surface area contributed by atoms with Crippen molar-refractivity contribution in [1.82, 2.24) is 10.3 Å². The van der Waals surface area contributed by atoms with E-state index in [4.69, 9.17) is 9.15 Å². The molecule has 14 heavy (non-hydrogen) atoms. The van der Waals surface area contributed by atoms with Crippen molar-refractivity contribution in [2.45, 2.75) is 39.8 Å². The fourth-order valence-electron chi connectivity index (χ4n) is 0.932. The lowest BCUT2D eigenvalue weighted by Gasteiger charge is -2.06. The van der Waals surface area contributed by atoms with E-state index in [0.29, 0.717) is 6.08 Å². The monoisotopic (exact) mass is 198 g/mol. The molecule has 1 N–H and O–H groups in total. The predicted molar refractivity (Wildman–Crippen MR) is 54.3 cm³/mol. The van der Waals surface area contributed by atoms with Crippen molar-refractivity contribution >= 4 is 0 Å². The van der Waals surface area contributed by atoms with Gasteiger partial charge in [-0.05, 0) is 19.9 Å². The van der Waals surface area contributed by atoms with E-state index in [9.17, 15) is 0 Å². The van der Waals surface area contributed by atoms with E-state index in [1.807, 2.05) is 6.92 Å². The maximum absolute atomic E-state index is 5.42. The first kappa shape index (κ1) is 11.0. The van der Waals surface area contributed by atoms with Crippen molar-refractivity contribution in [3.8, 4) is 6.08 Å². The first-order valence-electron chi connectivity index (χ1n) is 5.08. The molecular formula is C10H18N2O2. The molecule has 0 spiro atoms. The molecule has 1 unspecified atom stereocenters. The molecule has 80 valence electrons. The van der Waals surface area contributed by atoms with Gasteiger partial charge in [-0.3, -0.25) is 0 Å². The van der Waals surface area contributed by atoms with Crippen LogP contribution in [0.5, 0.6) is 6.08 Å². The van der Waals surface area contributed by atoms with Crippen molar-refractivity contribution in [1.29, 1.82) is 0 Å². The molecule has 4 heteroatoms. The van der Waals surface area contributed by atoms with Gasteiger partial charge in [-0.15, -0.1) is 0 Å². The van der Waals surface area contributed by atoms with Gasteiger partial charge in [0.05, 0.1) is 5.69 Å². The molecule has 1 heterocycles. The number of hydrogen-bond donors (Lipinski definition) is 1. The Balaban J connectivity index is 2.42. The molecule has 1 aromatic rings. The van der Waals surface area contributed by atoms with Crippen LogP contribution in [-0.4, -0.2) is 17.6 Å². The lowest BCUT2D eigenvalue weighted by molar-refractivity contribution is 0.158. The molecule has 1 aromatic heterocycles. The summed E-state index contributed by atoms with van der Waals surface area (Å²) in [6.07, 6.45) is 3.10. The average molecular weight is 198 g/mol. The fraction of sp³-hybridized carbons (Fsp3) is 0.700. The molecule has 0 fully saturated rings. The average Bonchev–Trinajstić information content (AvgIpc) is 2.62. The molecule has 0 aliphatic carbocycles. The number of hydrogen-bond acceptors (Lipinski definition) is 4. The smallest absolute Gasteiger partial charge is 0.393 e. The predicted octanol–water partition coefficient (Wildman–Crippen LogP) is 1.96. The zero-order chi connectivity index (χ0) is 10.4. The highest BCUT2D eigenvalue weighted by atomic mass is 16.6. The highest BCUT2D eigenvalue weighted by molar-refractivity contribution is 4.99. The van der Waals surface area contributed by atoms with E-state index in [2.05, 4.69) is 24.1 Å². The van der Waals surface area contributed by atoms with Crippen LogP contribution in [0.2, 0.25) is 0 Å². The summed E-state index contributed by atoms with van der Waals surface area (Å²) in [6, 6.07) is 0. The number of rotatable bonds is 6. The zero-order valence-electron chi connectivity index (χ0n) is 9.04. The second-order valence-corrected chi connectivity index (χ2v) is 3.22. The van der Waals surface area contributed by atoms with E-state index >= 15 is 0 Å². The topological polar surface area (TPSA) is 47.3 Å². The maximum Gasteiger partial charge on any atom is 0.393 e. The van der Waals surface area contributed by atoms with Gasteiger partial charge in [-0.25, -0.2) is 0 Å². The van der Waals surface area contributed by atoms with Gasteiger partial charge < -0.3 is 14.5 Å². The van der Waals surface area contributed by atoms with Gasteiger partial charge in [0.15, 0.2) is 0 Å². The molecule has 0 aliphatic rings. The van der Waals surface area contributed by atoms with Gasteiger partial charge >= 0.3 is 6.08 Å². The summed E-state index contributed by atoms with van der Waals surface area (Å²) >= 11 is 0. The molecule has 0 amide bonds. The van der Waals surface area contributed by atoms with E-state index in [0.717, 1.165) is 25.2 Å². The Labute approximate surface area is 84.7 Å². The molecular weight excluding hydrogens is 180 g/mol. The number of nitrogens with zero attached hydrogens (tertiary/aromatic N) is 1. The minimum Gasteiger partial charge on any atom is -0.447 e. The third kappa shape index (κ3) is 3.38. The molecule has 0 aromatic carbocycles. The van der Waals surface area contributed by atoms with Crippen LogP contribution >= 0.6 is 0 Å². The second kappa shape index (κ2) is 5.65. The summed E-state index contributed by atoms with van der Waals surface area (Å²) in [6.45, 7) is 7.76. The van der Waals surface area contributed by atoms with Crippen molar-refractivity contribution in [2.24, 2.45) is 0 Å². The zero-order valence-corrected chi connectivity index (χ0v) is 9.04. The van der Waals surface area contributed by atoms with E-state index in [1.54, 1.807) is 6.26 Å². The largest absolute Gasteiger partial charge is 0.447 e. The van der Waals surface area contributed by atoms with Crippen LogP contribution in [0, 0.1) is 0 Å². The minimum atomic E-state index is 0.153. The summed E-state index contributed by atoms with van der Waals surface area (Å²) in [5.74, 6) is 0. The standard InChI is InChI=1S/C10H18N2O2/c1-4-8(3)14-10-12-9(7-13-10)6-11-5-2/h7-8,11H,4-6H2,1-3H3. The number of oxazole rings is 1. The molecule has 4 nitrogen and oxygen atoms in total. The van der Waals surface area contributed by atoms with E-state index in [-0.39, 0.29) is 6.10 Å². The fourth-order valence-corrected chi connectivity index (χ4v) is 0.932. The van der Waals surface area contributed by atoms with Gasteiger partial charge in [0, 0.05) is 6.54 Å². The van der Waals surface area contributed by atoms with Crippen molar-refractivity contribution in [2.75, 3.05) is 6.54 Å². The summed E-state index contributed by atoms with van der Waals surface area (Å²) in [5.41, 5.74) is 0.880. The minimum absolute atomic E-state index is 0.153. The number of aromatic nitrogens is 1. The Kier molecular flexibility index (Phi) is 4.46. The molecule has 0 saturated carbocycles. The first-order chi connectivity index (χ1) is 6.76. The summed E-state index contributed by atoms with van der Waals surface area (Å²) in [7, 11) is 0. The Bertz CT molecular complexity index is 260. The second-order valence-electron chi connectivity index (χ2n) is 3.22. The Morgan fingerprint density at radius 2 is 2.36 bits per heavy atom. The van der Waals surface area contributed by atoms with Gasteiger partial charge in [0.25, 0.3) is 0 Å². The van der Waals surface area contributed by atoms with Crippen LogP contribution in [0.15, 0.2) is 10.7 Å². The quantitative estimate of drug-likeness (QED) is 0.759. The van der Waals surface area contributed by atoms with Gasteiger partial charge in [-0.2, -0.15) is 4.98 Å². The Hall–Kier alpha value is -1.03. The number of nitrogens with one attached hydrogen (secondary N) is 1. The van der Waals surface area contributed by atoms with Crippen LogP contribution in [0.1, 0.15) is 32.9 Å². The van der Waals surface area contributed by atoms with Crippen LogP contribution < -0.4 is 10.1 Å². The maximum atomic E-state index is 5.42. The highest BCUT2D eigenvalue weighted by Gasteiger charge is 2.07. The normalized spacial score (nSPS) is 12.8. The SMILES string of the molecule is CCNCc1coc(OC(C)CC)n1. The van der Waals surface area contributed by atoms with Gasteiger partial charge in [0.2, 0.25) is 0 Å². The Morgan fingerprint density at radius 1 is 1.57 bits per heavy atom. The van der Waals surface area contributed by atoms with Crippen molar-refractivity contribution in [3.63, 3.8) is 0 Å². The molecule has 0 saturated heterocycles. The third-order valence-corrected chi connectivity index (χ3v) is 1.96. The summed E-state index contributed by atoms with van der Waals surface area (Å²) in [4.78, 5) is 4.18. The molecule has 1 atom stereocenters. The van der Waals surface area contributed by atoms with E-state index in [1.165, 1.54) is 0 Å². The lowest BCUT2D eigenvalue weighted by atomic mass is 10.3. The van der Waals surface area contributed by atoms with Gasteiger partial charge in [0.1, 0.15) is 12.4 Å². The molecule has 0 bridgehead atoms. The molecule has 0 aliphatic heterocycles. The van der Waals surface area contributed by atoms with Crippen LogP contribution in [0.3, 0.4) is 0 Å². The van der Waals surface area contributed by atoms with Gasteiger partial charge in [-0.1, -0.05) is 13.8 Å².